The van der Waals surface area contributed by atoms with Crippen LogP contribution in [0.25, 0.3) is 11.3 Å². The van der Waals surface area contributed by atoms with Gasteiger partial charge in [-0.1, -0.05) is 23.9 Å². The highest BCUT2D eigenvalue weighted by atomic mass is 32.2. The SMILES string of the molecule is COc1ccc(-c2nc(SC)nc(Nc3cccc(C)c3C)c2C#N)cc1OC. The Morgan fingerprint density at radius 3 is 2.45 bits per heavy atom. The summed E-state index contributed by atoms with van der Waals surface area (Å²) in [6.45, 7) is 4.09. The lowest BCUT2D eigenvalue weighted by atomic mass is 10.1. The Labute approximate surface area is 174 Å². The molecule has 0 bridgehead atoms. The summed E-state index contributed by atoms with van der Waals surface area (Å²) in [5.41, 5.74) is 4.84. The van der Waals surface area contributed by atoms with Crippen LogP contribution in [0, 0.1) is 25.2 Å². The van der Waals surface area contributed by atoms with E-state index in [1.54, 1.807) is 20.3 Å². The zero-order chi connectivity index (χ0) is 21.0. The van der Waals surface area contributed by atoms with Crippen LogP contribution in [0.2, 0.25) is 0 Å². The molecular weight excluding hydrogens is 384 g/mol. The van der Waals surface area contributed by atoms with Crippen LogP contribution in [-0.4, -0.2) is 30.4 Å². The third-order valence-corrected chi connectivity index (χ3v) is 5.25. The first kappa shape index (κ1) is 20.5. The molecule has 0 aliphatic carbocycles. The molecule has 2 aromatic carbocycles. The van der Waals surface area contributed by atoms with Crippen LogP contribution in [0.4, 0.5) is 11.5 Å². The van der Waals surface area contributed by atoms with Gasteiger partial charge in [0.15, 0.2) is 22.5 Å². The van der Waals surface area contributed by atoms with E-state index in [1.807, 2.05) is 50.4 Å². The van der Waals surface area contributed by atoms with E-state index in [0.717, 1.165) is 22.4 Å². The number of methoxy groups -OCH3 is 2. The zero-order valence-electron chi connectivity index (χ0n) is 17.0. The molecule has 1 heterocycles. The number of nitrogens with zero attached hydrogens (tertiary/aromatic N) is 3. The number of ether oxygens (including phenoxy) is 2. The summed E-state index contributed by atoms with van der Waals surface area (Å²) in [7, 11) is 3.16. The number of rotatable bonds is 6. The predicted octanol–water partition coefficient (Wildman–Crippen LogP) is 5.11. The lowest BCUT2D eigenvalue weighted by molar-refractivity contribution is 0.355. The Hall–Kier alpha value is -3.24. The highest BCUT2D eigenvalue weighted by molar-refractivity contribution is 7.98. The summed E-state index contributed by atoms with van der Waals surface area (Å²) in [6.07, 6.45) is 1.90. The van der Waals surface area contributed by atoms with Crippen molar-refractivity contribution in [2.45, 2.75) is 19.0 Å². The van der Waals surface area contributed by atoms with E-state index in [4.69, 9.17) is 9.47 Å². The molecule has 0 fully saturated rings. The van der Waals surface area contributed by atoms with Gasteiger partial charge >= 0.3 is 0 Å². The van der Waals surface area contributed by atoms with Crippen LogP contribution in [0.1, 0.15) is 16.7 Å². The van der Waals surface area contributed by atoms with E-state index in [1.165, 1.54) is 11.8 Å². The molecule has 0 radical (unpaired) electrons. The van der Waals surface area contributed by atoms with Crippen molar-refractivity contribution in [3.8, 4) is 28.8 Å². The van der Waals surface area contributed by atoms with E-state index in [-0.39, 0.29) is 0 Å². The predicted molar refractivity (Wildman–Crippen MR) is 116 cm³/mol. The maximum atomic E-state index is 9.92. The van der Waals surface area contributed by atoms with Gasteiger partial charge in [-0.25, -0.2) is 9.97 Å². The fourth-order valence-electron chi connectivity index (χ4n) is 2.93. The van der Waals surface area contributed by atoms with Crippen LogP contribution in [0.3, 0.4) is 0 Å². The summed E-state index contributed by atoms with van der Waals surface area (Å²) < 4.78 is 10.7. The molecule has 3 rings (SSSR count). The Balaban J connectivity index is 2.17. The quantitative estimate of drug-likeness (QED) is 0.450. The van der Waals surface area contributed by atoms with Crippen molar-refractivity contribution in [3.05, 3.63) is 53.1 Å². The molecule has 0 aliphatic heterocycles. The van der Waals surface area contributed by atoms with Crippen LogP contribution in [0.15, 0.2) is 41.6 Å². The monoisotopic (exact) mass is 406 g/mol. The van der Waals surface area contributed by atoms with E-state index >= 15 is 0 Å². The Bertz CT molecular complexity index is 1090. The average molecular weight is 407 g/mol. The lowest BCUT2D eigenvalue weighted by Crippen LogP contribution is -2.05. The zero-order valence-corrected chi connectivity index (χ0v) is 17.8. The van der Waals surface area contributed by atoms with Gasteiger partial charge in [-0.2, -0.15) is 5.26 Å². The number of aryl methyl sites for hydroxylation is 1. The molecule has 0 saturated heterocycles. The second kappa shape index (κ2) is 8.84. The van der Waals surface area contributed by atoms with Crippen molar-refractivity contribution in [3.63, 3.8) is 0 Å². The van der Waals surface area contributed by atoms with Gasteiger partial charge < -0.3 is 14.8 Å². The van der Waals surface area contributed by atoms with Crippen LogP contribution in [-0.2, 0) is 0 Å². The number of nitriles is 1. The topological polar surface area (TPSA) is 80.1 Å². The summed E-state index contributed by atoms with van der Waals surface area (Å²) in [5, 5.41) is 13.8. The van der Waals surface area contributed by atoms with Crippen molar-refractivity contribution in [2.24, 2.45) is 0 Å². The first-order chi connectivity index (χ1) is 14.0. The molecule has 0 spiro atoms. The van der Waals surface area contributed by atoms with Gasteiger partial charge in [0.1, 0.15) is 11.6 Å². The van der Waals surface area contributed by atoms with E-state index < -0.39 is 0 Å². The molecule has 0 unspecified atom stereocenters. The maximum absolute atomic E-state index is 9.92. The molecular formula is C22H22N4O2S. The van der Waals surface area contributed by atoms with Gasteiger partial charge in [0.25, 0.3) is 0 Å². The van der Waals surface area contributed by atoms with Crippen LogP contribution in [0.5, 0.6) is 11.5 Å². The fourth-order valence-corrected chi connectivity index (χ4v) is 3.30. The Morgan fingerprint density at radius 1 is 1.03 bits per heavy atom. The Kier molecular flexibility index (Phi) is 6.25. The highest BCUT2D eigenvalue weighted by Crippen LogP contribution is 2.36. The van der Waals surface area contributed by atoms with Crippen molar-refractivity contribution < 1.29 is 9.47 Å². The maximum Gasteiger partial charge on any atom is 0.189 e. The fraction of sp³-hybridized carbons (Fsp3) is 0.227. The number of thioether (sulfide) groups is 1. The number of aromatic nitrogens is 2. The summed E-state index contributed by atoms with van der Waals surface area (Å²) >= 11 is 1.42. The van der Waals surface area contributed by atoms with Crippen molar-refractivity contribution in [1.29, 1.82) is 5.26 Å². The number of hydrogen-bond acceptors (Lipinski definition) is 7. The second-order valence-electron chi connectivity index (χ2n) is 6.34. The second-order valence-corrected chi connectivity index (χ2v) is 7.11. The van der Waals surface area contributed by atoms with Crippen molar-refractivity contribution in [2.75, 3.05) is 25.8 Å². The average Bonchev–Trinajstić information content (AvgIpc) is 2.75. The minimum atomic E-state index is 0.371. The van der Waals surface area contributed by atoms with E-state index in [2.05, 4.69) is 21.4 Å². The third-order valence-electron chi connectivity index (χ3n) is 4.70. The van der Waals surface area contributed by atoms with Gasteiger partial charge in [0.05, 0.1) is 19.9 Å². The van der Waals surface area contributed by atoms with E-state index in [0.29, 0.717) is 33.7 Å². The first-order valence-electron chi connectivity index (χ1n) is 8.94. The van der Waals surface area contributed by atoms with E-state index in [9.17, 15) is 5.26 Å². The molecule has 7 heteroatoms. The molecule has 148 valence electrons. The van der Waals surface area contributed by atoms with Gasteiger partial charge in [-0.3, -0.25) is 0 Å². The first-order valence-corrected chi connectivity index (χ1v) is 10.2. The largest absolute Gasteiger partial charge is 0.493 e. The lowest BCUT2D eigenvalue weighted by Gasteiger charge is -2.15. The van der Waals surface area contributed by atoms with Gasteiger partial charge in [-0.05, 0) is 55.5 Å². The van der Waals surface area contributed by atoms with Crippen molar-refractivity contribution >= 4 is 23.3 Å². The van der Waals surface area contributed by atoms with Gasteiger partial charge in [-0.15, -0.1) is 0 Å². The van der Waals surface area contributed by atoms with Gasteiger partial charge in [0.2, 0.25) is 0 Å². The molecule has 1 N–H and O–H groups in total. The standard InChI is InChI=1S/C22H22N4O2S/c1-13-7-6-8-17(14(13)2)24-21-16(12-23)20(25-22(26-21)29-5)15-9-10-18(27-3)19(11-15)28-4/h6-11H,1-5H3,(H,24,25,26). The number of nitrogens with one attached hydrogen (secondary N) is 1. The minimum Gasteiger partial charge on any atom is -0.493 e. The summed E-state index contributed by atoms with van der Waals surface area (Å²) in [6, 6.07) is 13.7. The molecule has 0 amide bonds. The number of hydrogen-bond donors (Lipinski definition) is 1. The summed E-state index contributed by atoms with van der Waals surface area (Å²) in [5.74, 6) is 1.66. The molecule has 29 heavy (non-hydrogen) atoms. The Morgan fingerprint density at radius 2 is 1.79 bits per heavy atom. The molecule has 0 saturated carbocycles. The molecule has 0 atom stereocenters. The third kappa shape index (κ3) is 4.13. The van der Waals surface area contributed by atoms with Crippen LogP contribution < -0.4 is 14.8 Å². The van der Waals surface area contributed by atoms with Gasteiger partial charge in [0, 0.05) is 11.3 Å². The molecule has 0 aliphatic rings. The smallest absolute Gasteiger partial charge is 0.189 e. The molecule has 6 nitrogen and oxygen atoms in total. The molecule has 3 aromatic rings. The highest BCUT2D eigenvalue weighted by Gasteiger charge is 2.18. The number of anilines is 2. The normalized spacial score (nSPS) is 10.3. The summed E-state index contributed by atoms with van der Waals surface area (Å²) in [4.78, 5) is 9.15. The van der Waals surface area contributed by atoms with Crippen molar-refractivity contribution in [1.82, 2.24) is 9.97 Å². The van der Waals surface area contributed by atoms with Crippen LogP contribution >= 0.6 is 11.8 Å². The minimum absolute atomic E-state index is 0.371. The number of benzene rings is 2. The molecule has 1 aromatic heterocycles.